The molecule has 14 heteroatoms. The highest BCUT2D eigenvalue weighted by Gasteiger charge is 2.40. The van der Waals surface area contributed by atoms with Crippen molar-refractivity contribution in [1.29, 1.82) is 0 Å². The summed E-state index contributed by atoms with van der Waals surface area (Å²) in [7, 11) is 0. The fourth-order valence-electron chi connectivity index (χ4n) is 3.02. The van der Waals surface area contributed by atoms with Crippen LogP contribution in [-0.4, -0.2) is 43.3 Å². The van der Waals surface area contributed by atoms with Gasteiger partial charge in [0.25, 0.3) is 11.2 Å². The van der Waals surface area contributed by atoms with E-state index in [9.17, 15) is 29.7 Å². The normalized spacial score (nSPS) is 22.9. The molecular weight excluding hydrogens is 453 g/mol. The van der Waals surface area contributed by atoms with Crippen LogP contribution in [0.25, 0.3) is 0 Å². The number of nitrogens with zero attached hydrogens (tertiary/aromatic N) is 2. The fourth-order valence-corrected chi connectivity index (χ4v) is 4.44. The van der Waals surface area contributed by atoms with E-state index in [-0.39, 0.29) is 18.7 Å². The largest absolute Gasteiger partial charge is 0.394 e. The number of hydrogen-bond donors (Lipinski definition) is 3. The molecule has 1 aromatic heterocycles. The van der Waals surface area contributed by atoms with Crippen LogP contribution >= 0.6 is 6.72 Å². The molecule has 1 fully saturated rings. The first kappa shape index (κ1) is 23.4. The maximum atomic E-state index is 12.1. The van der Waals surface area contributed by atoms with Crippen LogP contribution in [0.2, 0.25) is 0 Å². The Hall–Kier alpha value is -2.25. The molecule has 1 aliphatic heterocycles. The first-order valence-corrected chi connectivity index (χ1v) is 11.7. The van der Waals surface area contributed by atoms with Gasteiger partial charge in [0, 0.05) is 30.3 Å². The van der Waals surface area contributed by atoms with Gasteiger partial charge in [-0.25, -0.2) is 4.79 Å². The Morgan fingerprint density at radius 2 is 2.06 bits per heavy atom. The summed E-state index contributed by atoms with van der Waals surface area (Å²) < 4.78 is 17.6. The van der Waals surface area contributed by atoms with Gasteiger partial charge in [0.1, 0.15) is 12.3 Å². The molecule has 0 saturated carbocycles. The van der Waals surface area contributed by atoms with Gasteiger partial charge in [0.05, 0.1) is 24.2 Å². The van der Waals surface area contributed by atoms with E-state index in [0.717, 1.165) is 0 Å². The van der Waals surface area contributed by atoms with Crippen molar-refractivity contribution in [2.24, 2.45) is 0 Å². The Morgan fingerprint density at radius 3 is 2.68 bits per heavy atom. The summed E-state index contributed by atoms with van der Waals surface area (Å²) in [6, 6.07) is 5.51. The Bertz CT molecular complexity index is 1120. The van der Waals surface area contributed by atoms with Crippen LogP contribution in [0.1, 0.15) is 23.8 Å². The number of H-pyrrole nitrogens is 1. The molecule has 2 heterocycles. The molecule has 168 valence electrons. The number of aromatic nitrogens is 2. The number of non-ortho nitro benzene ring substituents is 1. The van der Waals surface area contributed by atoms with E-state index in [0.29, 0.717) is 11.1 Å². The second-order valence-corrected chi connectivity index (χ2v) is 9.63. The number of aromatic amines is 1. The van der Waals surface area contributed by atoms with Gasteiger partial charge in [-0.3, -0.25) is 24.5 Å². The third-order valence-electron chi connectivity index (χ3n) is 4.63. The quantitative estimate of drug-likeness (QED) is 0.284. The van der Waals surface area contributed by atoms with Crippen LogP contribution in [-0.2, 0) is 32.2 Å². The average Bonchev–Trinajstić information content (AvgIpc) is 3.11. The number of aryl methyl sites for hydroxylation is 1. The van der Waals surface area contributed by atoms with E-state index in [1.807, 2.05) is 0 Å². The average molecular weight is 473 g/mol. The van der Waals surface area contributed by atoms with Gasteiger partial charge in [-0.2, -0.15) is 0 Å². The van der Waals surface area contributed by atoms with Crippen molar-refractivity contribution in [1.82, 2.24) is 9.55 Å². The van der Waals surface area contributed by atoms with Crippen LogP contribution in [0.15, 0.2) is 40.1 Å². The van der Waals surface area contributed by atoms with Crippen molar-refractivity contribution in [3.8, 4) is 0 Å². The van der Waals surface area contributed by atoms with Crippen molar-refractivity contribution in [2.45, 2.75) is 38.4 Å². The summed E-state index contributed by atoms with van der Waals surface area (Å²) in [5, 5.41) is 20.3. The number of ether oxygens (including phenoxy) is 1. The van der Waals surface area contributed by atoms with Crippen molar-refractivity contribution >= 4 is 24.2 Å². The lowest BCUT2D eigenvalue weighted by atomic mass is 10.2. The molecule has 0 bridgehead atoms. The maximum Gasteiger partial charge on any atom is 0.330 e. The topological polar surface area (TPSA) is 166 Å². The number of benzene rings is 1. The number of nitro groups is 1. The van der Waals surface area contributed by atoms with Crippen LogP contribution in [0.4, 0.5) is 5.69 Å². The second-order valence-electron chi connectivity index (χ2n) is 6.84. The van der Waals surface area contributed by atoms with Crippen LogP contribution in [0.5, 0.6) is 0 Å². The van der Waals surface area contributed by atoms with Crippen molar-refractivity contribution < 1.29 is 28.7 Å². The highest BCUT2D eigenvalue weighted by Crippen LogP contribution is 2.49. The number of nitro benzene ring substituents is 1. The third kappa shape index (κ3) is 5.71. The molecule has 3 rings (SSSR count). The lowest BCUT2D eigenvalue weighted by molar-refractivity contribution is -0.384. The molecule has 1 aromatic carbocycles. The van der Waals surface area contributed by atoms with E-state index in [4.69, 9.17) is 25.6 Å². The van der Waals surface area contributed by atoms with Crippen molar-refractivity contribution in [3.63, 3.8) is 0 Å². The zero-order valence-electron chi connectivity index (χ0n) is 16.2. The molecule has 0 amide bonds. The first-order valence-electron chi connectivity index (χ1n) is 9.07. The lowest BCUT2D eigenvalue weighted by Gasteiger charge is -2.22. The Balaban J connectivity index is 1.66. The Kier molecular flexibility index (Phi) is 7.17. The Labute approximate surface area is 180 Å². The van der Waals surface area contributed by atoms with E-state index < -0.39 is 47.9 Å². The molecule has 1 aliphatic rings. The van der Waals surface area contributed by atoms with Gasteiger partial charge in [-0.15, -0.1) is 0 Å². The van der Waals surface area contributed by atoms with Crippen LogP contribution in [0, 0.1) is 17.0 Å². The van der Waals surface area contributed by atoms with Crippen molar-refractivity contribution in [3.05, 3.63) is 72.5 Å². The molecule has 0 radical (unpaired) electrons. The molecule has 31 heavy (non-hydrogen) atoms. The molecule has 1 unspecified atom stereocenters. The highest BCUT2D eigenvalue weighted by molar-refractivity contribution is 8.07. The predicted molar refractivity (Wildman–Crippen MR) is 111 cm³/mol. The molecule has 12 nitrogen and oxygen atoms in total. The first-order chi connectivity index (χ1) is 14.6. The van der Waals surface area contributed by atoms with Gasteiger partial charge >= 0.3 is 12.4 Å². The SMILES string of the molecule is Cc1cn([C@H]2C[C@H](OP(O)(=S)OCc3ccc([N+](=O)[O-])cc3)[C@@H](CO)O2)c(=O)[nH]c1=O. The minimum Gasteiger partial charge on any atom is -0.394 e. The summed E-state index contributed by atoms with van der Waals surface area (Å²) in [5.74, 6) is 0. The minimum absolute atomic E-state index is 0.0659. The van der Waals surface area contributed by atoms with E-state index in [2.05, 4.69) is 4.98 Å². The second kappa shape index (κ2) is 9.49. The van der Waals surface area contributed by atoms with Crippen LogP contribution < -0.4 is 11.2 Å². The number of rotatable bonds is 8. The Morgan fingerprint density at radius 1 is 1.39 bits per heavy atom. The summed E-state index contributed by atoms with van der Waals surface area (Å²) in [4.78, 5) is 46.4. The minimum atomic E-state index is -3.77. The monoisotopic (exact) mass is 473 g/mol. The smallest absolute Gasteiger partial charge is 0.330 e. The third-order valence-corrected chi connectivity index (χ3v) is 6.19. The molecule has 0 aliphatic carbocycles. The van der Waals surface area contributed by atoms with E-state index in [1.165, 1.54) is 42.0 Å². The summed E-state index contributed by atoms with van der Waals surface area (Å²) in [6.45, 7) is -2.85. The molecule has 1 saturated heterocycles. The lowest BCUT2D eigenvalue weighted by Crippen LogP contribution is -2.33. The standard InChI is InChI=1S/C17H20N3O9PS/c1-10-7-19(17(23)18-16(10)22)15-6-13(14(8-21)28-15)29-30(26,31)27-9-11-2-4-12(5-3-11)20(24)25/h2-5,7,13-15,21H,6,8-9H2,1H3,(H,26,31)(H,18,22,23)/t13-,14+,15+,30?/m0/s1. The summed E-state index contributed by atoms with van der Waals surface area (Å²) in [5.41, 5.74) is -0.457. The van der Waals surface area contributed by atoms with Gasteiger partial charge in [0.15, 0.2) is 0 Å². The fraction of sp³-hybridized carbons (Fsp3) is 0.412. The molecule has 2 aromatic rings. The van der Waals surface area contributed by atoms with Gasteiger partial charge in [-0.05, 0) is 36.4 Å². The van der Waals surface area contributed by atoms with Gasteiger partial charge in [0.2, 0.25) is 0 Å². The predicted octanol–water partition coefficient (Wildman–Crippen LogP) is 0.852. The van der Waals surface area contributed by atoms with Gasteiger partial charge < -0.3 is 23.8 Å². The molecule has 4 atom stereocenters. The number of hydrogen-bond acceptors (Lipinski definition) is 9. The van der Waals surface area contributed by atoms with Crippen LogP contribution in [0.3, 0.4) is 0 Å². The number of nitrogens with one attached hydrogen (secondary N) is 1. The summed E-state index contributed by atoms with van der Waals surface area (Å²) >= 11 is 5.03. The van der Waals surface area contributed by atoms with Crippen molar-refractivity contribution in [2.75, 3.05) is 6.61 Å². The highest BCUT2D eigenvalue weighted by atomic mass is 32.5. The van der Waals surface area contributed by atoms with E-state index in [1.54, 1.807) is 0 Å². The molecule has 3 N–H and O–H groups in total. The van der Waals surface area contributed by atoms with Gasteiger partial charge in [-0.1, -0.05) is 0 Å². The zero-order valence-corrected chi connectivity index (χ0v) is 18.0. The molecule has 0 spiro atoms. The maximum absolute atomic E-state index is 12.1. The summed E-state index contributed by atoms with van der Waals surface area (Å²) in [6.07, 6.45) is -1.21. The number of aliphatic hydroxyl groups is 1. The number of aliphatic hydroxyl groups excluding tert-OH is 1. The molecular formula is C17H20N3O9PS. The zero-order chi connectivity index (χ0) is 22.8. The van der Waals surface area contributed by atoms with E-state index >= 15 is 0 Å².